The number of carboxylic acid groups (broad SMARTS) is 1. The molecule has 0 bridgehead atoms. The summed E-state index contributed by atoms with van der Waals surface area (Å²) in [5.74, 6) is -0.503. The molecule has 38 heavy (non-hydrogen) atoms. The molecule has 0 heterocycles. The van der Waals surface area contributed by atoms with E-state index in [1.54, 1.807) is 62.6 Å². The molecule has 0 radical (unpaired) electrons. The van der Waals surface area contributed by atoms with Crippen LogP contribution in [-0.4, -0.2) is 54.6 Å². The number of nitrogens with zero attached hydrogens (tertiary/aromatic N) is 1. The average molecular weight is 518 g/mol. The van der Waals surface area contributed by atoms with E-state index in [-0.39, 0.29) is 5.78 Å². The zero-order valence-corrected chi connectivity index (χ0v) is 22.8. The maximum absolute atomic E-state index is 12.2. The SMILES string of the molecule is CC(C(=O)O)c1cccc(C(=O)c2ccccc2)c1.COc1cccc([C@@]2(O)CCCC[C@@H]2CN(C)C)c1. The largest absolute Gasteiger partial charge is 0.497 e. The van der Waals surface area contributed by atoms with Crippen molar-refractivity contribution in [2.75, 3.05) is 27.7 Å². The molecule has 3 aromatic rings. The third kappa shape index (κ3) is 7.30. The number of aliphatic hydroxyl groups is 1. The first-order valence-corrected chi connectivity index (χ1v) is 13.1. The van der Waals surface area contributed by atoms with Crippen LogP contribution in [0.3, 0.4) is 0 Å². The third-order valence-corrected chi connectivity index (χ3v) is 7.25. The van der Waals surface area contributed by atoms with Gasteiger partial charge in [0.05, 0.1) is 18.6 Å². The van der Waals surface area contributed by atoms with Gasteiger partial charge in [-0.3, -0.25) is 9.59 Å². The second-order valence-corrected chi connectivity index (χ2v) is 10.2. The Bertz CT molecular complexity index is 1210. The fourth-order valence-electron chi connectivity index (χ4n) is 5.03. The Morgan fingerprint density at radius 1 is 0.974 bits per heavy atom. The Hall–Kier alpha value is -3.48. The van der Waals surface area contributed by atoms with Crippen molar-refractivity contribution in [2.24, 2.45) is 5.92 Å². The fourth-order valence-corrected chi connectivity index (χ4v) is 5.03. The van der Waals surface area contributed by atoms with E-state index in [2.05, 4.69) is 19.0 Å². The van der Waals surface area contributed by atoms with Crippen molar-refractivity contribution in [3.63, 3.8) is 0 Å². The molecule has 1 unspecified atom stereocenters. The molecular weight excluding hydrogens is 478 g/mol. The molecule has 4 rings (SSSR count). The number of hydrogen-bond acceptors (Lipinski definition) is 5. The number of ether oxygens (including phenoxy) is 1. The number of carbonyl (C=O) groups excluding carboxylic acids is 1. The van der Waals surface area contributed by atoms with Crippen LogP contribution in [0.25, 0.3) is 0 Å². The van der Waals surface area contributed by atoms with Crippen molar-refractivity contribution in [1.29, 1.82) is 0 Å². The van der Waals surface area contributed by atoms with Gasteiger partial charge in [-0.25, -0.2) is 0 Å². The van der Waals surface area contributed by atoms with E-state index in [9.17, 15) is 14.7 Å². The van der Waals surface area contributed by atoms with E-state index in [4.69, 9.17) is 9.84 Å². The smallest absolute Gasteiger partial charge is 0.310 e. The van der Waals surface area contributed by atoms with Crippen molar-refractivity contribution in [2.45, 2.75) is 44.1 Å². The molecule has 202 valence electrons. The highest BCUT2D eigenvalue weighted by molar-refractivity contribution is 6.09. The van der Waals surface area contributed by atoms with Gasteiger partial charge < -0.3 is 19.8 Å². The monoisotopic (exact) mass is 517 g/mol. The summed E-state index contributed by atoms with van der Waals surface area (Å²) in [4.78, 5) is 25.4. The van der Waals surface area contributed by atoms with E-state index in [1.165, 1.54) is 6.42 Å². The molecular formula is C32H39NO5. The van der Waals surface area contributed by atoms with Crippen molar-refractivity contribution in [3.8, 4) is 5.75 Å². The summed E-state index contributed by atoms with van der Waals surface area (Å²) in [7, 11) is 5.81. The fraction of sp³-hybridized carbons (Fsp3) is 0.375. The van der Waals surface area contributed by atoms with Crippen molar-refractivity contribution in [3.05, 3.63) is 101 Å². The van der Waals surface area contributed by atoms with Crippen LogP contribution in [0.2, 0.25) is 0 Å². The highest BCUT2D eigenvalue weighted by Gasteiger charge is 2.40. The lowest BCUT2D eigenvalue weighted by atomic mass is 9.71. The summed E-state index contributed by atoms with van der Waals surface area (Å²) in [6, 6.07) is 23.6. The van der Waals surface area contributed by atoms with Crippen LogP contribution in [0.4, 0.5) is 0 Å². The molecule has 1 aliphatic rings. The number of methoxy groups -OCH3 is 1. The Balaban J connectivity index is 0.000000211. The number of ketones is 1. The maximum Gasteiger partial charge on any atom is 0.310 e. The Labute approximate surface area is 225 Å². The third-order valence-electron chi connectivity index (χ3n) is 7.25. The van der Waals surface area contributed by atoms with Crippen LogP contribution in [0.5, 0.6) is 5.75 Å². The summed E-state index contributed by atoms with van der Waals surface area (Å²) < 4.78 is 5.29. The lowest BCUT2D eigenvalue weighted by molar-refractivity contribution is -0.138. The van der Waals surface area contributed by atoms with Crippen LogP contribution < -0.4 is 4.74 Å². The number of carboxylic acids is 1. The number of benzene rings is 3. The Morgan fingerprint density at radius 3 is 2.32 bits per heavy atom. The maximum atomic E-state index is 12.2. The van der Waals surface area contributed by atoms with Crippen LogP contribution in [0.15, 0.2) is 78.9 Å². The molecule has 1 saturated carbocycles. The minimum Gasteiger partial charge on any atom is -0.497 e. The molecule has 0 saturated heterocycles. The topological polar surface area (TPSA) is 87.1 Å². The zero-order valence-electron chi connectivity index (χ0n) is 22.8. The van der Waals surface area contributed by atoms with Crippen molar-refractivity contribution >= 4 is 11.8 Å². The lowest BCUT2D eigenvalue weighted by Gasteiger charge is -2.41. The average Bonchev–Trinajstić information content (AvgIpc) is 2.94. The normalized spacial score (nSPS) is 19.7. The van der Waals surface area contributed by atoms with Crippen molar-refractivity contribution < 1.29 is 24.5 Å². The summed E-state index contributed by atoms with van der Waals surface area (Å²) in [5, 5.41) is 20.2. The van der Waals surface area contributed by atoms with Gasteiger partial charge in [0, 0.05) is 23.6 Å². The second-order valence-electron chi connectivity index (χ2n) is 10.2. The molecule has 0 aromatic heterocycles. The first-order chi connectivity index (χ1) is 18.2. The van der Waals surface area contributed by atoms with Gasteiger partial charge in [-0.05, 0) is 63.2 Å². The molecule has 1 fully saturated rings. The van der Waals surface area contributed by atoms with Gasteiger partial charge in [0.1, 0.15) is 5.75 Å². The van der Waals surface area contributed by atoms with Gasteiger partial charge >= 0.3 is 5.97 Å². The lowest BCUT2D eigenvalue weighted by Crippen LogP contribution is -2.43. The van der Waals surface area contributed by atoms with Gasteiger partial charge in [-0.2, -0.15) is 0 Å². The molecule has 3 atom stereocenters. The number of hydrogen-bond donors (Lipinski definition) is 2. The van der Waals surface area contributed by atoms with E-state index in [0.717, 1.165) is 37.1 Å². The summed E-state index contributed by atoms with van der Waals surface area (Å²) in [5.41, 5.74) is 2.03. The molecule has 1 aliphatic carbocycles. The summed E-state index contributed by atoms with van der Waals surface area (Å²) in [6.07, 6.45) is 4.24. The van der Waals surface area contributed by atoms with Crippen LogP contribution in [0, 0.1) is 5.92 Å². The van der Waals surface area contributed by atoms with Crippen LogP contribution in [0.1, 0.15) is 65.6 Å². The molecule has 0 spiro atoms. The summed E-state index contributed by atoms with van der Waals surface area (Å²) >= 11 is 0. The van der Waals surface area contributed by atoms with Gasteiger partial charge in [-0.15, -0.1) is 0 Å². The first kappa shape index (κ1) is 29.1. The first-order valence-electron chi connectivity index (χ1n) is 13.1. The molecule has 6 nitrogen and oxygen atoms in total. The molecule has 6 heteroatoms. The highest BCUT2D eigenvalue weighted by Crippen LogP contribution is 2.42. The minimum absolute atomic E-state index is 0.0972. The molecule has 3 aromatic carbocycles. The van der Waals surface area contributed by atoms with E-state index >= 15 is 0 Å². The predicted molar refractivity (Wildman–Crippen MR) is 150 cm³/mol. The Morgan fingerprint density at radius 2 is 1.66 bits per heavy atom. The quantitative estimate of drug-likeness (QED) is 0.371. The predicted octanol–water partition coefficient (Wildman–Crippen LogP) is 5.74. The van der Waals surface area contributed by atoms with E-state index in [0.29, 0.717) is 22.6 Å². The number of carbonyl (C=O) groups is 2. The van der Waals surface area contributed by atoms with E-state index in [1.807, 2.05) is 30.3 Å². The van der Waals surface area contributed by atoms with Crippen molar-refractivity contribution in [1.82, 2.24) is 4.90 Å². The molecule has 2 N–H and O–H groups in total. The zero-order chi connectivity index (χ0) is 27.7. The van der Waals surface area contributed by atoms with Crippen LogP contribution in [-0.2, 0) is 10.4 Å². The minimum atomic E-state index is -0.899. The van der Waals surface area contributed by atoms with Gasteiger partial charge in [0.25, 0.3) is 0 Å². The summed E-state index contributed by atoms with van der Waals surface area (Å²) in [6.45, 7) is 2.53. The van der Waals surface area contributed by atoms with E-state index < -0.39 is 17.5 Å². The standard InChI is InChI=1S/C16H25NO2.C16H14O3/c1-17(2)12-14-7-4-5-10-16(14,18)13-8-6-9-15(11-13)19-3;1-11(16(18)19)13-8-5-9-14(10-13)15(17)12-6-3-2-4-7-12/h6,8-9,11,14,18H,4-5,7,10,12H2,1-3H3;2-11H,1H3,(H,18,19)/t14-,16+;/m1./s1. The number of rotatable bonds is 8. The van der Waals surface area contributed by atoms with Gasteiger partial charge in [-0.1, -0.05) is 73.5 Å². The molecule has 0 aliphatic heterocycles. The van der Waals surface area contributed by atoms with Gasteiger partial charge in [0.2, 0.25) is 0 Å². The highest BCUT2D eigenvalue weighted by atomic mass is 16.5. The number of aliphatic carboxylic acids is 1. The van der Waals surface area contributed by atoms with Gasteiger partial charge in [0.15, 0.2) is 5.78 Å². The molecule has 0 amide bonds. The Kier molecular flexibility index (Phi) is 10.2. The second kappa shape index (κ2) is 13.4. The van der Waals surface area contributed by atoms with Crippen LogP contribution >= 0.6 is 0 Å².